The van der Waals surface area contributed by atoms with Crippen LogP contribution >= 0.6 is 0 Å². The van der Waals surface area contributed by atoms with E-state index in [-0.39, 0.29) is 5.56 Å². The van der Waals surface area contributed by atoms with Gasteiger partial charge in [0.25, 0.3) is 5.56 Å². The molecule has 0 saturated carbocycles. The molecule has 0 aliphatic rings. The molecule has 1 N–H and O–H groups in total. The standard InChI is InChI=1S/C19H16N4O3/c1-25-13-5-3-12(4-6-13)10-21-23-11-20-17-15-9-14(26-2)7-8-16(15)22-18(17)19(23)24/h3-11,22H,1-2H3/b21-10+. The number of nitrogens with zero attached hydrogens (tertiary/aromatic N) is 3. The minimum absolute atomic E-state index is 0.269. The van der Waals surface area contributed by atoms with Gasteiger partial charge in [-0.05, 0) is 48.0 Å². The van der Waals surface area contributed by atoms with Crippen LogP contribution in [0.4, 0.5) is 0 Å². The molecule has 2 aromatic heterocycles. The van der Waals surface area contributed by atoms with Crippen LogP contribution in [0.25, 0.3) is 21.9 Å². The van der Waals surface area contributed by atoms with E-state index in [2.05, 4.69) is 15.1 Å². The summed E-state index contributed by atoms with van der Waals surface area (Å²) in [5.41, 5.74) is 2.40. The minimum Gasteiger partial charge on any atom is -0.497 e. The summed E-state index contributed by atoms with van der Waals surface area (Å²) >= 11 is 0. The lowest BCUT2D eigenvalue weighted by Crippen LogP contribution is -2.17. The highest BCUT2D eigenvalue weighted by molar-refractivity contribution is 6.04. The van der Waals surface area contributed by atoms with Crippen LogP contribution in [0.3, 0.4) is 0 Å². The van der Waals surface area contributed by atoms with Gasteiger partial charge in [0, 0.05) is 10.9 Å². The van der Waals surface area contributed by atoms with Crippen molar-refractivity contribution in [1.82, 2.24) is 14.6 Å². The monoisotopic (exact) mass is 348 g/mol. The summed E-state index contributed by atoms with van der Waals surface area (Å²) in [6.07, 6.45) is 3.01. The van der Waals surface area contributed by atoms with Gasteiger partial charge < -0.3 is 14.5 Å². The highest BCUT2D eigenvalue weighted by atomic mass is 16.5. The van der Waals surface area contributed by atoms with E-state index in [0.29, 0.717) is 16.8 Å². The highest BCUT2D eigenvalue weighted by Crippen LogP contribution is 2.25. The first-order chi connectivity index (χ1) is 12.7. The maximum atomic E-state index is 12.7. The summed E-state index contributed by atoms with van der Waals surface area (Å²) in [6.45, 7) is 0. The minimum atomic E-state index is -0.269. The molecule has 0 atom stereocenters. The van der Waals surface area contributed by atoms with Gasteiger partial charge in [0.05, 0.1) is 20.4 Å². The van der Waals surface area contributed by atoms with Gasteiger partial charge in [0.1, 0.15) is 28.9 Å². The molecule has 2 aromatic carbocycles. The summed E-state index contributed by atoms with van der Waals surface area (Å²) in [6, 6.07) is 12.9. The van der Waals surface area contributed by atoms with E-state index in [0.717, 1.165) is 22.2 Å². The first-order valence-electron chi connectivity index (χ1n) is 7.95. The molecule has 130 valence electrons. The number of aromatic amines is 1. The van der Waals surface area contributed by atoms with Crippen LogP contribution in [0.2, 0.25) is 0 Å². The van der Waals surface area contributed by atoms with Crippen molar-refractivity contribution < 1.29 is 9.47 Å². The molecule has 0 saturated heterocycles. The number of rotatable bonds is 4. The largest absolute Gasteiger partial charge is 0.497 e. The molecule has 7 heteroatoms. The zero-order valence-corrected chi connectivity index (χ0v) is 14.3. The molecule has 2 heterocycles. The Balaban J connectivity index is 1.76. The molecule has 0 fully saturated rings. The predicted molar refractivity (Wildman–Crippen MR) is 100 cm³/mol. The van der Waals surface area contributed by atoms with Gasteiger partial charge in [0.2, 0.25) is 0 Å². The average Bonchev–Trinajstić information content (AvgIpc) is 3.06. The van der Waals surface area contributed by atoms with Gasteiger partial charge in [-0.1, -0.05) is 0 Å². The predicted octanol–water partition coefficient (Wildman–Crippen LogP) is 2.78. The normalized spacial score (nSPS) is 11.5. The maximum absolute atomic E-state index is 12.7. The van der Waals surface area contributed by atoms with Crippen LogP contribution in [-0.2, 0) is 0 Å². The molecule has 26 heavy (non-hydrogen) atoms. The lowest BCUT2D eigenvalue weighted by Gasteiger charge is -2.00. The topological polar surface area (TPSA) is 81.5 Å². The third-order valence-electron chi connectivity index (χ3n) is 4.14. The van der Waals surface area contributed by atoms with Gasteiger partial charge >= 0.3 is 0 Å². The summed E-state index contributed by atoms with van der Waals surface area (Å²) in [4.78, 5) is 20.2. The first kappa shape index (κ1) is 15.9. The summed E-state index contributed by atoms with van der Waals surface area (Å²) in [5.74, 6) is 1.47. The Morgan fingerprint density at radius 3 is 2.54 bits per heavy atom. The van der Waals surface area contributed by atoms with Crippen molar-refractivity contribution in [3.8, 4) is 11.5 Å². The van der Waals surface area contributed by atoms with Crippen LogP contribution in [-0.4, -0.2) is 35.1 Å². The van der Waals surface area contributed by atoms with Crippen LogP contribution in [0.1, 0.15) is 5.56 Å². The van der Waals surface area contributed by atoms with Crippen molar-refractivity contribution in [2.24, 2.45) is 5.10 Å². The van der Waals surface area contributed by atoms with Crippen LogP contribution < -0.4 is 15.0 Å². The SMILES string of the molecule is COc1ccc(/C=N/n2cnc3c([nH]c4ccc(OC)cc43)c2=O)cc1. The lowest BCUT2D eigenvalue weighted by atomic mass is 10.2. The van der Waals surface area contributed by atoms with Crippen molar-refractivity contribution in [3.63, 3.8) is 0 Å². The Hall–Kier alpha value is -3.61. The van der Waals surface area contributed by atoms with Gasteiger partial charge in [-0.3, -0.25) is 4.79 Å². The van der Waals surface area contributed by atoms with Crippen LogP contribution in [0, 0.1) is 0 Å². The second kappa shape index (κ2) is 6.36. The van der Waals surface area contributed by atoms with Crippen molar-refractivity contribution in [2.75, 3.05) is 14.2 Å². The van der Waals surface area contributed by atoms with E-state index in [9.17, 15) is 4.79 Å². The molecule has 4 aromatic rings. The van der Waals surface area contributed by atoms with Crippen molar-refractivity contribution >= 4 is 28.2 Å². The fourth-order valence-electron chi connectivity index (χ4n) is 2.75. The molecule has 7 nitrogen and oxygen atoms in total. The highest BCUT2D eigenvalue weighted by Gasteiger charge is 2.11. The van der Waals surface area contributed by atoms with Crippen LogP contribution in [0.15, 0.2) is 58.7 Å². The molecule has 0 bridgehead atoms. The van der Waals surface area contributed by atoms with E-state index >= 15 is 0 Å². The zero-order chi connectivity index (χ0) is 18.1. The number of fused-ring (bicyclic) bond motifs is 3. The lowest BCUT2D eigenvalue weighted by molar-refractivity contribution is 0.415. The average molecular weight is 348 g/mol. The molecule has 0 spiro atoms. The van der Waals surface area contributed by atoms with Crippen molar-refractivity contribution in [2.45, 2.75) is 0 Å². The number of methoxy groups -OCH3 is 2. The second-order valence-electron chi connectivity index (χ2n) is 5.67. The molecule has 0 aliphatic carbocycles. The number of nitrogens with one attached hydrogen (secondary N) is 1. The van der Waals surface area contributed by atoms with Crippen LogP contribution in [0.5, 0.6) is 11.5 Å². The third kappa shape index (κ3) is 2.69. The fraction of sp³-hybridized carbons (Fsp3) is 0.105. The zero-order valence-electron chi connectivity index (χ0n) is 14.3. The Morgan fingerprint density at radius 2 is 1.81 bits per heavy atom. The van der Waals surface area contributed by atoms with Gasteiger partial charge in [-0.25, -0.2) is 4.98 Å². The van der Waals surface area contributed by atoms with Gasteiger partial charge in [-0.15, -0.1) is 0 Å². The summed E-state index contributed by atoms with van der Waals surface area (Å²) in [7, 11) is 3.21. The number of hydrogen-bond donors (Lipinski definition) is 1. The van der Waals surface area contributed by atoms with E-state index in [4.69, 9.17) is 9.47 Å². The number of hydrogen-bond acceptors (Lipinski definition) is 5. The van der Waals surface area contributed by atoms with Crippen molar-refractivity contribution in [3.05, 3.63) is 64.7 Å². The van der Waals surface area contributed by atoms with Gasteiger partial charge in [-0.2, -0.15) is 9.78 Å². The molecular formula is C19H16N4O3. The first-order valence-corrected chi connectivity index (χ1v) is 7.95. The molecular weight excluding hydrogens is 332 g/mol. The van der Waals surface area contributed by atoms with Crippen molar-refractivity contribution in [1.29, 1.82) is 0 Å². The Bertz CT molecular complexity index is 1170. The maximum Gasteiger partial charge on any atom is 0.298 e. The quantitative estimate of drug-likeness (QED) is 0.575. The number of aromatic nitrogens is 3. The smallest absolute Gasteiger partial charge is 0.298 e. The Kier molecular flexibility index (Phi) is 3.89. The number of benzene rings is 2. The number of ether oxygens (including phenoxy) is 2. The van der Waals surface area contributed by atoms with Gasteiger partial charge in [0.15, 0.2) is 0 Å². The van der Waals surface area contributed by atoms with E-state index in [1.54, 1.807) is 20.4 Å². The molecule has 0 radical (unpaired) electrons. The van der Waals surface area contributed by atoms with E-state index < -0.39 is 0 Å². The van der Waals surface area contributed by atoms with E-state index in [1.165, 1.54) is 11.0 Å². The second-order valence-corrected chi connectivity index (χ2v) is 5.67. The van der Waals surface area contributed by atoms with E-state index in [1.807, 2.05) is 42.5 Å². The number of H-pyrrole nitrogens is 1. The Morgan fingerprint density at radius 1 is 1.08 bits per heavy atom. The summed E-state index contributed by atoms with van der Waals surface area (Å²) in [5, 5.41) is 5.05. The third-order valence-corrected chi connectivity index (χ3v) is 4.14. The molecule has 0 amide bonds. The summed E-state index contributed by atoms with van der Waals surface area (Å²) < 4.78 is 11.6. The molecule has 0 unspecified atom stereocenters. The Labute approximate surface area is 148 Å². The molecule has 4 rings (SSSR count). The molecule has 0 aliphatic heterocycles. The fourth-order valence-corrected chi connectivity index (χ4v) is 2.75.